The lowest BCUT2D eigenvalue weighted by Gasteiger charge is -2.20. The van der Waals surface area contributed by atoms with Crippen molar-refractivity contribution in [2.45, 2.75) is 25.3 Å². The quantitative estimate of drug-likeness (QED) is 0.888. The zero-order valence-corrected chi connectivity index (χ0v) is 10.3. The number of nitrogens with one attached hydrogen (secondary N) is 1. The maximum absolute atomic E-state index is 13.7. The maximum atomic E-state index is 13.7. The highest BCUT2D eigenvalue weighted by atomic mass is 79.9. The van der Waals surface area contributed by atoms with Crippen LogP contribution in [0.25, 0.3) is 0 Å². The normalized spacial score (nSPS) is 13.9. The second-order valence-electron chi connectivity index (χ2n) is 3.61. The van der Waals surface area contributed by atoms with Gasteiger partial charge in [0.05, 0.1) is 0 Å². The Morgan fingerprint density at radius 3 is 2.33 bits per heavy atom. The molecule has 0 radical (unpaired) electrons. The van der Waals surface area contributed by atoms with Gasteiger partial charge in [0.25, 0.3) is 5.92 Å². The average molecular weight is 278 g/mol. The molecule has 0 aliphatic carbocycles. The summed E-state index contributed by atoms with van der Waals surface area (Å²) >= 11 is 3.22. The van der Waals surface area contributed by atoms with Crippen molar-refractivity contribution in [1.29, 1.82) is 0 Å². The van der Waals surface area contributed by atoms with E-state index in [1.807, 2.05) is 0 Å². The van der Waals surface area contributed by atoms with Crippen LogP contribution in [0.3, 0.4) is 0 Å². The predicted octanol–water partition coefficient (Wildman–Crippen LogP) is 3.54. The van der Waals surface area contributed by atoms with E-state index >= 15 is 0 Å². The van der Waals surface area contributed by atoms with Crippen LogP contribution < -0.4 is 5.32 Å². The molecule has 1 N–H and O–H groups in total. The number of hydrogen-bond donors (Lipinski definition) is 1. The molecular formula is C11H14BrF2N. The first kappa shape index (κ1) is 12.6. The van der Waals surface area contributed by atoms with Gasteiger partial charge in [0, 0.05) is 22.5 Å². The van der Waals surface area contributed by atoms with Gasteiger partial charge in [0.1, 0.15) is 0 Å². The van der Waals surface area contributed by atoms with Gasteiger partial charge in [-0.25, -0.2) is 8.78 Å². The highest BCUT2D eigenvalue weighted by Crippen LogP contribution is 2.33. The molecule has 1 aromatic rings. The minimum Gasteiger partial charge on any atom is -0.317 e. The molecule has 0 aromatic heterocycles. The summed E-state index contributed by atoms with van der Waals surface area (Å²) in [7, 11) is 1.68. The molecule has 0 amide bonds. The van der Waals surface area contributed by atoms with Gasteiger partial charge in [0.2, 0.25) is 0 Å². The van der Waals surface area contributed by atoms with E-state index in [9.17, 15) is 8.78 Å². The van der Waals surface area contributed by atoms with Gasteiger partial charge in [-0.05, 0) is 26.1 Å². The van der Waals surface area contributed by atoms with Crippen LogP contribution in [0.15, 0.2) is 28.7 Å². The lowest BCUT2D eigenvalue weighted by Crippen LogP contribution is -2.29. The van der Waals surface area contributed by atoms with Gasteiger partial charge in [-0.15, -0.1) is 0 Å². The second-order valence-corrected chi connectivity index (χ2v) is 4.52. The summed E-state index contributed by atoms with van der Waals surface area (Å²) in [6.45, 7) is 1.74. The van der Waals surface area contributed by atoms with Crippen LogP contribution in [0.2, 0.25) is 0 Å². The Balaban J connectivity index is 2.80. The van der Waals surface area contributed by atoms with E-state index in [1.54, 1.807) is 26.1 Å². The topological polar surface area (TPSA) is 12.0 Å². The van der Waals surface area contributed by atoms with Crippen molar-refractivity contribution in [3.8, 4) is 0 Å². The number of benzene rings is 1. The number of alkyl halides is 2. The van der Waals surface area contributed by atoms with Gasteiger partial charge in [-0.3, -0.25) is 0 Å². The van der Waals surface area contributed by atoms with Gasteiger partial charge in [-0.1, -0.05) is 28.1 Å². The zero-order valence-electron chi connectivity index (χ0n) is 8.73. The van der Waals surface area contributed by atoms with Gasteiger partial charge >= 0.3 is 0 Å². The SMILES string of the molecule is CNC(C)CC(F)(F)c1ccc(Br)cc1. The molecule has 4 heteroatoms. The summed E-state index contributed by atoms with van der Waals surface area (Å²) in [4.78, 5) is 0. The molecular weight excluding hydrogens is 264 g/mol. The lowest BCUT2D eigenvalue weighted by atomic mass is 10.0. The van der Waals surface area contributed by atoms with E-state index in [0.717, 1.165) is 4.47 Å². The molecule has 1 unspecified atom stereocenters. The van der Waals surface area contributed by atoms with Crippen LogP contribution in [0.5, 0.6) is 0 Å². The second kappa shape index (κ2) is 5.03. The minimum absolute atomic E-state index is 0.0628. The largest absolute Gasteiger partial charge is 0.317 e. The van der Waals surface area contributed by atoms with E-state index in [-0.39, 0.29) is 18.0 Å². The molecule has 0 aliphatic rings. The molecule has 0 spiro atoms. The molecule has 0 aliphatic heterocycles. The first-order chi connectivity index (χ1) is 6.95. The van der Waals surface area contributed by atoms with Crippen molar-refractivity contribution in [1.82, 2.24) is 5.32 Å². The van der Waals surface area contributed by atoms with E-state index in [1.165, 1.54) is 12.1 Å². The predicted molar refractivity (Wildman–Crippen MR) is 61.2 cm³/mol. The molecule has 1 rings (SSSR count). The Morgan fingerprint density at radius 2 is 1.87 bits per heavy atom. The molecule has 84 valence electrons. The first-order valence-corrected chi connectivity index (χ1v) is 5.56. The van der Waals surface area contributed by atoms with Crippen molar-refractivity contribution in [3.05, 3.63) is 34.3 Å². The fraction of sp³-hybridized carbons (Fsp3) is 0.455. The summed E-state index contributed by atoms with van der Waals surface area (Å²) in [5.41, 5.74) is 0.0628. The van der Waals surface area contributed by atoms with Crippen LogP contribution in [0.4, 0.5) is 8.78 Å². The summed E-state index contributed by atoms with van der Waals surface area (Å²) in [5.74, 6) is -2.77. The smallest absolute Gasteiger partial charge is 0.274 e. The highest BCUT2D eigenvalue weighted by Gasteiger charge is 2.32. The summed E-state index contributed by atoms with van der Waals surface area (Å²) in [6.07, 6.45) is -0.189. The summed E-state index contributed by atoms with van der Waals surface area (Å²) in [6, 6.07) is 5.96. The molecule has 0 heterocycles. The van der Waals surface area contributed by atoms with Crippen molar-refractivity contribution in [2.75, 3.05) is 7.05 Å². The molecule has 0 fully saturated rings. The standard InChI is InChI=1S/C11H14BrF2N/c1-8(15-2)7-11(13,14)9-3-5-10(12)6-4-9/h3-6,8,15H,7H2,1-2H3. The minimum atomic E-state index is -2.77. The van der Waals surface area contributed by atoms with Crippen LogP contribution in [-0.4, -0.2) is 13.1 Å². The molecule has 1 aromatic carbocycles. The monoisotopic (exact) mass is 277 g/mol. The molecule has 1 nitrogen and oxygen atoms in total. The third-order valence-corrected chi connectivity index (χ3v) is 2.85. The number of rotatable bonds is 4. The van der Waals surface area contributed by atoms with Crippen molar-refractivity contribution < 1.29 is 8.78 Å². The molecule has 1 atom stereocenters. The Hall–Kier alpha value is -0.480. The van der Waals surface area contributed by atoms with Gasteiger partial charge < -0.3 is 5.32 Å². The number of hydrogen-bond acceptors (Lipinski definition) is 1. The lowest BCUT2D eigenvalue weighted by molar-refractivity contribution is -0.0207. The van der Waals surface area contributed by atoms with Gasteiger partial charge in [0.15, 0.2) is 0 Å². The molecule has 15 heavy (non-hydrogen) atoms. The number of halogens is 3. The molecule has 0 bridgehead atoms. The summed E-state index contributed by atoms with van der Waals surface area (Å²) < 4.78 is 28.1. The van der Waals surface area contributed by atoms with Crippen molar-refractivity contribution in [3.63, 3.8) is 0 Å². The van der Waals surface area contributed by atoms with Crippen molar-refractivity contribution in [2.24, 2.45) is 0 Å². The third-order valence-electron chi connectivity index (χ3n) is 2.32. The van der Waals surface area contributed by atoms with E-state index in [4.69, 9.17) is 0 Å². The highest BCUT2D eigenvalue weighted by molar-refractivity contribution is 9.10. The van der Waals surface area contributed by atoms with Crippen LogP contribution in [0, 0.1) is 0 Å². The van der Waals surface area contributed by atoms with Gasteiger partial charge in [-0.2, -0.15) is 0 Å². The average Bonchev–Trinajstić information content (AvgIpc) is 2.17. The van der Waals surface area contributed by atoms with E-state index < -0.39 is 5.92 Å². The summed E-state index contributed by atoms with van der Waals surface area (Å²) in [5, 5.41) is 2.81. The molecule has 0 saturated carbocycles. The Morgan fingerprint density at radius 1 is 1.33 bits per heavy atom. The van der Waals surface area contributed by atoms with Crippen LogP contribution >= 0.6 is 15.9 Å². The zero-order chi connectivity index (χ0) is 11.5. The first-order valence-electron chi connectivity index (χ1n) is 4.77. The fourth-order valence-electron chi connectivity index (χ4n) is 1.30. The van der Waals surface area contributed by atoms with E-state index in [2.05, 4.69) is 21.2 Å². The van der Waals surface area contributed by atoms with Crippen molar-refractivity contribution >= 4 is 15.9 Å². The molecule has 0 saturated heterocycles. The maximum Gasteiger partial charge on any atom is 0.274 e. The van der Waals surface area contributed by atoms with Crippen LogP contribution in [-0.2, 0) is 5.92 Å². The Bertz CT molecular complexity index is 311. The third kappa shape index (κ3) is 3.54. The fourth-order valence-corrected chi connectivity index (χ4v) is 1.56. The van der Waals surface area contributed by atoms with E-state index in [0.29, 0.717) is 0 Å². The Kier molecular flexibility index (Phi) is 4.22. The van der Waals surface area contributed by atoms with Crippen LogP contribution in [0.1, 0.15) is 18.9 Å². The Labute approximate surface area is 97.0 Å².